The van der Waals surface area contributed by atoms with Crippen molar-refractivity contribution in [3.8, 4) is 5.75 Å². The highest BCUT2D eigenvalue weighted by Crippen LogP contribution is 2.37. The summed E-state index contributed by atoms with van der Waals surface area (Å²) in [7, 11) is 0. The number of phenols is 1. The van der Waals surface area contributed by atoms with Crippen molar-refractivity contribution in [1.29, 1.82) is 0 Å². The number of benzene rings is 1. The van der Waals surface area contributed by atoms with Gasteiger partial charge in [0.25, 0.3) is 0 Å². The van der Waals surface area contributed by atoms with Crippen molar-refractivity contribution in [3.63, 3.8) is 0 Å². The van der Waals surface area contributed by atoms with Crippen LogP contribution in [0.15, 0.2) is 16.6 Å². The van der Waals surface area contributed by atoms with Gasteiger partial charge in [-0.15, -0.1) is 0 Å². The number of nitro groups is 1. The number of nitro benzene ring substituents is 1. The molecule has 0 saturated heterocycles. The average molecular weight is 317 g/mol. The van der Waals surface area contributed by atoms with Gasteiger partial charge in [0.05, 0.1) is 4.92 Å². The molecule has 0 amide bonds. The molecule has 0 aliphatic carbocycles. The van der Waals surface area contributed by atoms with E-state index in [0.717, 1.165) is 19.3 Å². The minimum atomic E-state index is -0.609. The first-order chi connectivity index (χ1) is 8.47. The number of phenolic OH excluding ortho intramolecular Hbond substituents is 1. The van der Waals surface area contributed by atoms with E-state index in [0.29, 0.717) is 16.5 Å². The van der Waals surface area contributed by atoms with Crippen molar-refractivity contribution in [2.24, 2.45) is 5.73 Å². The molecule has 3 N–H and O–H groups in total. The normalized spacial score (nSPS) is 12.4. The van der Waals surface area contributed by atoms with Crippen molar-refractivity contribution >= 4 is 21.6 Å². The quantitative estimate of drug-likeness (QED) is 0.476. The monoisotopic (exact) mass is 316 g/mol. The summed E-state index contributed by atoms with van der Waals surface area (Å²) in [6.07, 6.45) is 3.79. The summed E-state index contributed by atoms with van der Waals surface area (Å²) in [6.45, 7) is 2.09. The highest BCUT2D eigenvalue weighted by molar-refractivity contribution is 9.10. The number of hydrogen-bond acceptors (Lipinski definition) is 4. The maximum atomic E-state index is 10.8. The molecule has 0 aromatic heterocycles. The molecule has 0 aliphatic rings. The fourth-order valence-electron chi connectivity index (χ4n) is 1.80. The van der Waals surface area contributed by atoms with Crippen LogP contribution in [0.3, 0.4) is 0 Å². The Bertz CT molecular complexity index is 438. The molecule has 0 fully saturated rings. The first kappa shape index (κ1) is 14.9. The van der Waals surface area contributed by atoms with Gasteiger partial charge < -0.3 is 10.8 Å². The van der Waals surface area contributed by atoms with E-state index in [9.17, 15) is 15.2 Å². The first-order valence-electron chi connectivity index (χ1n) is 5.89. The van der Waals surface area contributed by atoms with Crippen LogP contribution in [0, 0.1) is 10.1 Å². The van der Waals surface area contributed by atoms with E-state index in [1.54, 1.807) is 6.07 Å². The molecule has 1 aromatic carbocycles. The number of unbranched alkanes of at least 4 members (excludes halogenated alkanes) is 2. The number of hydrogen-bond donors (Lipinski definition) is 2. The molecule has 0 heterocycles. The second-order valence-corrected chi connectivity index (χ2v) is 5.14. The number of nitrogens with zero attached hydrogens (tertiary/aromatic N) is 1. The number of rotatable bonds is 6. The third-order valence-electron chi connectivity index (χ3n) is 2.80. The van der Waals surface area contributed by atoms with Gasteiger partial charge in [-0.3, -0.25) is 10.1 Å². The highest BCUT2D eigenvalue weighted by atomic mass is 79.9. The fraction of sp³-hybridized carbons (Fsp3) is 0.500. The summed E-state index contributed by atoms with van der Waals surface area (Å²) in [4.78, 5) is 10.2. The molecule has 0 unspecified atom stereocenters. The van der Waals surface area contributed by atoms with Gasteiger partial charge in [0.2, 0.25) is 0 Å². The van der Waals surface area contributed by atoms with Gasteiger partial charge in [-0.25, -0.2) is 0 Å². The highest BCUT2D eigenvalue weighted by Gasteiger charge is 2.21. The summed E-state index contributed by atoms with van der Waals surface area (Å²) in [5.41, 5.74) is 6.08. The average Bonchev–Trinajstić information content (AvgIpc) is 2.31. The fourth-order valence-corrected chi connectivity index (χ4v) is 2.26. The van der Waals surface area contributed by atoms with Crippen LogP contribution in [0.4, 0.5) is 5.69 Å². The third-order valence-corrected chi connectivity index (χ3v) is 3.26. The molecule has 18 heavy (non-hydrogen) atoms. The van der Waals surface area contributed by atoms with Crippen molar-refractivity contribution < 1.29 is 10.0 Å². The molecule has 5 nitrogen and oxygen atoms in total. The van der Waals surface area contributed by atoms with E-state index in [-0.39, 0.29) is 17.5 Å². The molecular formula is C12H17BrN2O3. The molecule has 0 radical (unpaired) electrons. The van der Waals surface area contributed by atoms with Crippen LogP contribution in [-0.2, 0) is 0 Å². The Morgan fingerprint density at radius 3 is 2.72 bits per heavy atom. The topological polar surface area (TPSA) is 89.4 Å². The van der Waals surface area contributed by atoms with Gasteiger partial charge >= 0.3 is 5.69 Å². The smallest absolute Gasteiger partial charge is 0.312 e. The molecule has 0 spiro atoms. The zero-order valence-corrected chi connectivity index (χ0v) is 11.8. The van der Waals surface area contributed by atoms with Crippen LogP contribution in [-0.4, -0.2) is 10.0 Å². The molecule has 0 saturated carbocycles. The van der Waals surface area contributed by atoms with Crippen molar-refractivity contribution in [1.82, 2.24) is 0 Å². The Morgan fingerprint density at radius 2 is 2.17 bits per heavy atom. The minimum absolute atomic E-state index is 0.315. The van der Waals surface area contributed by atoms with Crippen molar-refractivity contribution in [3.05, 3.63) is 32.3 Å². The van der Waals surface area contributed by atoms with Crippen molar-refractivity contribution in [2.75, 3.05) is 0 Å². The summed E-state index contributed by atoms with van der Waals surface area (Å²) in [5.74, 6) is -0.327. The van der Waals surface area contributed by atoms with E-state index in [1.807, 2.05) is 0 Å². The summed E-state index contributed by atoms with van der Waals surface area (Å²) >= 11 is 3.19. The van der Waals surface area contributed by atoms with E-state index < -0.39 is 4.92 Å². The molecule has 0 aliphatic heterocycles. The Labute approximate surface area is 114 Å². The second-order valence-electron chi connectivity index (χ2n) is 4.22. The van der Waals surface area contributed by atoms with E-state index in [4.69, 9.17) is 5.73 Å². The molecule has 1 atom stereocenters. The molecule has 6 heteroatoms. The van der Waals surface area contributed by atoms with Crippen molar-refractivity contribution in [2.45, 2.75) is 38.6 Å². The SMILES string of the molecule is CCCCC[C@@H](N)c1cc(Br)cc([N+](=O)[O-])c1O. The Balaban J connectivity index is 2.97. The lowest BCUT2D eigenvalue weighted by Crippen LogP contribution is -2.11. The first-order valence-corrected chi connectivity index (χ1v) is 6.69. The molecule has 1 aromatic rings. The van der Waals surface area contributed by atoms with Gasteiger partial charge in [0, 0.05) is 22.1 Å². The molecule has 1 rings (SSSR count). The predicted octanol–water partition coefficient (Wildman–Crippen LogP) is 3.64. The molecular weight excluding hydrogens is 300 g/mol. The van der Waals surface area contributed by atoms with Gasteiger partial charge in [0.1, 0.15) is 0 Å². The Morgan fingerprint density at radius 1 is 1.50 bits per heavy atom. The van der Waals surface area contributed by atoms with Crippen LogP contribution in [0.2, 0.25) is 0 Å². The standard InChI is InChI=1S/C12H17BrN2O3/c1-2-3-4-5-10(14)9-6-8(13)7-11(12(9)16)15(17)18/h6-7,10,16H,2-5,14H2,1H3/t10-/m1/s1. The third kappa shape index (κ3) is 3.68. The van der Waals surface area contributed by atoms with Crippen LogP contribution < -0.4 is 5.73 Å². The molecule has 100 valence electrons. The Kier molecular flexibility index (Phi) is 5.55. The lowest BCUT2D eigenvalue weighted by Gasteiger charge is -2.14. The summed E-state index contributed by atoms with van der Waals surface area (Å²) < 4.78 is 0.549. The second kappa shape index (κ2) is 6.70. The Hall–Kier alpha value is -1.14. The van der Waals surface area contributed by atoms with Gasteiger partial charge in [-0.05, 0) is 12.5 Å². The predicted molar refractivity (Wildman–Crippen MR) is 73.5 cm³/mol. The zero-order chi connectivity index (χ0) is 13.7. The van der Waals surface area contributed by atoms with Crippen LogP contribution in [0.1, 0.15) is 44.2 Å². The van der Waals surface area contributed by atoms with Gasteiger partial charge in [-0.1, -0.05) is 42.1 Å². The number of nitrogens with two attached hydrogens (primary N) is 1. The van der Waals surface area contributed by atoms with E-state index in [2.05, 4.69) is 22.9 Å². The van der Waals surface area contributed by atoms with Crippen LogP contribution in [0.5, 0.6) is 5.75 Å². The lowest BCUT2D eigenvalue weighted by molar-refractivity contribution is -0.386. The number of halogens is 1. The maximum absolute atomic E-state index is 10.8. The van der Waals surface area contributed by atoms with Gasteiger partial charge in [-0.2, -0.15) is 0 Å². The summed E-state index contributed by atoms with van der Waals surface area (Å²) in [5, 5.41) is 20.7. The minimum Gasteiger partial charge on any atom is -0.502 e. The number of aromatic hydroxyl groups is 1. The lowest BCUT2D eigenvalue weighted by atomic mass is 10.00. The summed E-state index contributed by atoms with van der Waals surface area (Å²) in [6, 6.07) is 2.53. The van der Waals surface area contributed by atoms with Gasteiger partial charge in [0.15, 0.2) is 5.75 Å². The maximum Gasteiger partial charge on any atom is 0.312 e. The van der Waals surface area contributed by atoms with E-state index in [1.165, 1.54) is 6.07 Å². The zero-order valence-electron chi connectivity index (χ0n) is 10.2. The van der Waals surface area contributed by atoms with E-state index >= 15 is 0 Å². The molecule has 0 bridgehead atoms. The van der Waals surface area contributed by atoms with Crippen LogP contribution >= 0.6 is 15.9 Å². The van der Waals surface area contributed by atoms with Crippen LogP contribution in [0.25, 0.3) is 0 Å². The largest absolute Gasteiger partial charge is 0.502 e.